The first-order chi connectivity index (χ1) is 9.29. The summed E-state index contributed by atoms with van der Waals surface area (Å²) < 4.78 is 5.23. The number of hydrogen-bond donors (Lipinski definition) is 1. The third kappa shape index (κ3) is 3.96. The van der Waals surface area contributed by atoms with E-state index in [4.69, 9.17) is 4.74 Å². The molecule has 98 valence electrons. The van der Waals surface area contributed by atoms with Crippen molar-refractivity contribution in [2.45, 2.75) is 6.54 Å². The minimum atomic E-state index is -0.112. The highest BCUT2D eigenvalue weighted by atomic mass is 32.1. The predicted molar refractivity (Wildman–Crippen MR) is 78.2 cm³/mol. The van der Waals surface area contributed by atoms with Gasteiger partial charge in [-0.3, -0.25) is 4.79 Å². The molecule has 0 atom stereocenters. The first kappa shape index (κ1) is 13.4. The number of methoxy groups -OCH3 is 1. The van der Waals surface area contributed by atoms with Gasteiger partial charge in [0.2, 0.25) is 5.91 Å². The molecule has 4 heteroatoms. The molecule has 1 aromatic carbocycles. The van der Waals surface area contributed by atoms with E-state index < -0.39 is 0 Å². The Bertz CT molecular complexity index is 561. The second-order valence-corrected chi connectivity index (χ2v) is 4.86. The third-order valence-corrected chi connectivity index (χ3v) is 3.43. The SMILES string of the molecule is COc1ccccc1CNC(=O)/C=C/c1cccs1. The molecule has 0 aliphatic carbocycles. The average molecular weight is 273 g/mol. The van der Waals surface area contributed by atoms with Gasteiger partial charge in [0.05, 0.1) is 7.11 Å². The summed E-state index contributed by atoms with van der Waals surface area (Å²) in [4.78, 5) is 12.7. The van der Waals surface area contributed by atoms with Crippen molar-refractivity contribution in [2.75, 3.05) is 7.11 Å². The van der Waals surface area contributed by atoms with Crippen LogP contribution in [0.25, 0.3) is 6.08 Å². The minimum Gasteiger partial charge on any atom is -0.496 e. The second kappa shape index (κ2) is 6.75. The fraction of sp³-hybridized carbons (Fsp3) is 0.133. The number of benzene rings is 1. The summed E-state index contributed by atoms with van der Waals surface area (Å²) in [7, 11) is 1.62. The molecule has 2 aromatic rings. The minimum absolute atomic E-state index is 0.112. The number of hydrogen-bond acceptors (Lipinski definition) is 3. The Hall–Kier alpha value is -2.07. The number of carbonyl (C=O) groups is 1. The van der Waals surface area contributed by atoms with Crippen LogP contribution in [0.15, 0.2) is 47.9 Å². The number of ether oxygens (including phenoxy) is 1. The lowest BCUT2D eigenvalue weighted by Crippen LogP contribution is -2.20. The lowest BCUT2D eigenvalue weighted by molar-refractivity contribution is -0.116. The Morgan fingerprint density at radius 3 is 2.89 bits per heavy atom. The zero-order valence-corrected chi connectivity index (χ0v) is 11.4. The Morgan fingerprint density at radius 2 is 2.16 bits per heavy atom. The Kier molecular flexibility index (Phi) is 4.75. The number of para-hydroxylation sites is 1. The maximum atomic E-state index is 11.7. The Balaban J connectivity index is 1.90. The van der Waals surface area contributed by atoms with Gasteiger partial charge in [-0.05, 0) is 23.6 Å². The average Bonchev–Trinajstić information content (AvgIpc) is 2.96. The molecule has 0 fully saturated rings. The summed E-state index contributed by atoms with van der Waals surface area (Å²) in [6.07, 6.45) is 3.35. The molecule has 0 radical (unpaired) electrons. The lowest BCUT2D eigenvalue weighted by Gasteiger charge is -2.08. The van der Waals surface area contributed by atoms with Crippen molar-refractivity contribution >= 4 is 23.3 Å². The number of amides is 1. The van der Waals surface area contributed by atoms with Crippen LogP contribution in [0.3, 0.4) is 0 Å². The molecule has 0 spiro atoms. The van der Waals surface area contributed by atoms with Crippen LogP contribution < -0.4 is 10.1 Å². The molecule has 1 N–H and O–H groups in total. The Labute approximate surface area is 116 Å². The van der Waals surface area contributed by atoms with Crippen molar-refractivity contribution in [3.05, 3.63) is 58.3 Å². The van der Waals surface area contributed by atoms with Crippen LogP contribution in [-0.2, 0) is 11.3 Å². The van der Waals surface area contributed by atoms with E-state index in [0.29, 0.717) is 6.54 Å². The van der Waals surface area contributed by atoms with Crippen LogP contribution in [0.5, 0.6) is 5.75 Å². The molecule has 0 unspecified atom stereocenters. The summed E-state index contributed by atoms with van der Waals surface area (Å²) in [5, 5.41) is 4.81. The van der Waals surface area contributed by atoms with Crippen molar-refractivity contribution in [1.29, 1.82) is 0 Å². The fourth-order valence-electron chi connectivity index (χ4n) is 1.63. The van der Waals surface area contributed by atoms with Crippen LogP contribution in [0.2, 0.25) is 0 Å². The van der Waals surface area contributed by atoms with Gasteiger partial charge < -0.3 is 10.1 Å². The van der Waals surface area contributed by atoms with Crippen LogP contribution in [-0.4, -0.2) is 13.0 Å². The van der Waals surface area contributed by atoms with E-state index >= 15 is 0 Å². The predicted octanol–water partition coefficient (Wildman–Crippen LogP) is 3.09. The lowest BCUT2D eigenvalue weighted by atomic mass is 10.2. The topological polar surface area (TPSA) is 38.3 Å². The molecule has 0 aliphatic heterocycles. The van der Waals surface area contributed by atoms with Gasteiger partial charge in [0.15, 0.2) is 0 Å². The zero-order chi connectivity index (χ0) is 13.5. The molecule has 2 rings (SSSR count). The summed E-state index contributed by atoms with van der Waals surface area (Å²) in [6.45, 7) is 0.456. The molecule has 19 heavy (non-hydrogen) atoms. The van der Waals surface area contributed by atoms with E-state index in [2.05, 4.69) is 5.32 Å². The number of carbonyl (C=O) groups excluding carboxylic acids is 1. The monoisotopic (exact) mass is 273 g/mol. The molecule has 3 nitrogen and oxygen atoms in total. The number of nitrogens with one attached hydrogen (secondary N) is 1. The first-order valence-electron chi connectivity index (χ1n) is 5.91. The molecule has 1 amide bonds. The highest BCUT2D eigenvalue weighted by Gasteiger charge is 2.02. The van der Waals surface area contributed by atoms with Gasteiger partial charge in [0, 0.05) is 23.1 Å². The van der Waals surface area contributed by atoms with Crippen LogP contribution >= 0.6 is 11.3 Å². The smallest absolute Gasteiger partial charge is 0.244 e. The largest absolute Gasteiger partial charge is 0.496 e. The molecule has 0 saturated carbocycles. The highest BCUT2D eigenvalue weighted by molar-refractivity contribution is 7.10. The van der Waals surface area contributed by atoms with Gasteiger partial charge in [-0.15, -0.1) is 11.3 Å². The standard InChI is InChI=1S/C15H15NO2S/c1-18-14-7-3-2-5-12(14)11-16-15(17)9-8-13-6-4-10-19-13/h2-10H,11H2,1H3,(H,16,17)/b9-8+. The van der Waals surface area contributed by atoms with Gasteiger partial charge in [-0.2, -0.15) is 0 Å². The maximum absolute atomic E-state index is 11.7. The van der Waals surface area contributed by atoms with E-state index in [1.807, 2.05) is 47.9 Å². The van der Waals surface area contributed by atoms with E-state index in [0.717, 1.165) is 16.2 Å². The Morgan fingerprint density at radius 1 is 1.32 bits per heavy atom. The quantitative estimate of drug-likeness (QED) is 0.850. The third-order valence-electron chi connectivity index (χ3n) is 2.59. The molecule has 0 bridgehead atoms. The first-order valence-corrected chi connectivity index (χ1v) is 6.79. The molecule has 1 aromatic heterocycles. The summed E-state index contributed by atoms with van der Waals surface area (Å²) in [5.41, 5.74) is 0.961. The molecule has 0 saturated heterocycles. The van der Waals surface area contributed by atoms with Crippen LogP contribution in [0, 0.1) is 0 Å². The second-order valence-electron chi connectivity index (χ2n) is 3.88. The number of rotatable bonds is 5. The van der Waals surface area contributed by atoms with E-state index in [-0.39, 0.29) is 5.91 Å². The van der Waals surface area contributed by atoms with Crippen molar-refractivity contribution in [1.82, 2.24) is 5.32 Å². The fourth-order valence-corrected chi connectivity index (χ4v) is 2.25. The van der Waals surface area contributed by atoms with Gasteiger partial charge in [0.25, 0.3) is 0 Å². The summed E-state index contributed by atoms with van der Waals surface area (Å²) in [6, 6.07) is 11.6. The zero-order valence-electron chi connectivity index (χ0n) is 10.6. The van der Waals surface area contributed by atoms with Crippen molar-refractivity contribution < 1.29 is 9.53 Å². The van der Waals surface area contributed by atoms with Gasteiger partial charge in [-0.1, -0.05) is 24.3 Å². The van der Waals surface area contributed by atoms with Gasteiger partial charge in [-0.25, -0.2) is 0 Å². The van der Waals surface area contributed by atoms with E-state index in [9.17, 15) is 4.79 Å². The van der Waals surface area contributed by atoms with Crippen molar-refractivity contribution in [2.24, 2.45) is 0 Å². The van der Waals surface area contributed by atoms with Crippen molar-refractivity contribution in [3.63, 3.8) is 0 Å². The van der Waals surface area contributed by atoms with Crippen molar-refractivity contribution in [3.8, 4) is 5.75 Å². The molecule has 1 heterocycles. The van der Waals surface area contributed by atoms with E-state index in [1.54, 1.807) is 24.5 Å². The highest BCUT2D eigenvalue weighted by Crippen LogP contribution is 2.16. The van der Waals surface area contributed by atoms with E-state index in [1.165, 1.54) is 0 Å². The normalized spacial score (nSPS) is 10.6. The summed E-state index contributed by atoms with van der Waals surface area (Å²) in [5.74, 6) is 0.671. The van der Waals surface area contributed by atoms with Gasteiger partial charge in [0.1, 0.15) is 5.75 Å². The molecular formula is C15H15NO2S. The molecular weight excluding hydrogens is 258 g/mol. The van der Waals surface area contributed by atoms with Gasteiger partial charge >= 0.3 is 0 Å². The molecule has 0 aliphatic rings. The van der Waals surface area contributed by atoms with Crippen LogP contribution in [0.1, 0.15) is 10.4 Å². The van der Waals surface area contributed by atoms with Crippen LogP contribution in [0.4, 0.5) is 0 Å². The number of thiophene rings is 1. The maximum Gasteiger partial charge on any atom is 0.244 e. The summed E-state index contributed by atoms with van der Waals surface area (Å²) >= 11 is 1.60.